The Morgan fingerprint density at radius 2 is 1.90 bits per heavy atom. The van der Waals surface area contributed by atoms with Crippen molar-refractivity contribution in [3.8, 4) is 11.8 Å². The lowest BCUT2D eigenvalue weighted by Crippen LogP contribution is -2.24. The maximum atomic E-state index is 8.45. The molecule has 114 valence electrons. The van der Waals surface area contributed by atoms with Gasteiger partial charge in [0.05, 0.1) is 12.7 Å². The molecule has 1 N–H and O–H groups in total. The zero-order valence-corrected chi connectivity index (χ0v) is 12.5. The van der Waals surface area contributed by atoms with Crippen molar-refractivity contribution < 1.29 is 9.47 Å². The molecule has 0 heterocycles. The summed E-state index contributed by atoms with van der Waals surface area (Å²) in [7, 11) is 0. The Balaban J connectivity index is 1.56. The highest BCUT2D eigenvalue weighted by Gasteiger charge is 2.12. The summed E-state index contributed by atoms with van der Waals surface area (Å²) in [6, 6.07) is 9.78. The lowest BCUT2D eigenvalue weighted by Gasteiger charge is -2.22. The number of benzene rings is 1. The molecule has 21 heavy (non-hydrogen) atoms. The molecule has 0 atom stereocenters. The van der Waals surface area contributed by atoms with E-state index in [-0.39, 0.29) is 6.61 Å². The molecule has 1 aliphatic carbocycles. The van der Waals surface area contributed by atoms with Crippen molar-refractivity contribution in [3.63, 3.8) is 0 Å². The molecule has 0 aliphatic heterocycles. The first-order valence-corrected chi connectivity index (χ1v) is 7.79. The SMILES string of the molecule is N#CCOc1ccc(CNCCOC2CCCCC2)cc1. The fraction of sp³-hybridized carbons (Fsp3) is 0.588. The fourth-order valence-corrected chi connectivity index (χ4v) is 2.58. The van der Waals surface area contributed by atoms with Crippen LogP contribution in [0.1, 0.15) is 37.7 Å². The summed E-state index contributed by atoms with van der Waals surface area (Å²) in [6.07, 6.45) is 6.94. The minimum atomic E-state index is 0.0934. The molecule has 1 fully saturated rings. The highest BCUT2D eigenvalue weighted by molar-refractivity contribution is 5.27. The van der Waals surface area contributed by atoms with Crippen LogP contribution in [0.2, 0.25) is 0 Å². The largest absolute Gasteiger partial charge is 0.479 e. The molecule has 1 aliphatic rings. The first-order valence-electron chi connectivity index (χ1n) is 7.79. The van der Waals surface area contributed by atoms with Gasteiger partial charge in [-0.3, -0.25) is 0 Å². The average molecular weight is 288 g/mol. The molecule has 1 aromatic rings. The summed E-state index contributed by atoms with van der Waals surface area (Å²) < 4.78 is 11.1. The van der Waals surface area contributed by atoms with Gasteiger partial charge in [-0.15, -0.1) is 0 Å². The molecule has 2 rings (SSSR count). The van der Waals surface area contributed by atoms with E-state index in [4.69, 9.17) is 14.7 Å². The highest BCUT2D eigenvalue weighted by Crippen LogP contribution is 2.19. The van der Waals surface area contributed by atoms with Gasteiger partial charge in [0.25, 0.3) is 0 Å². The van der Waals surface area contributed by atoms with Crippen LogP contribution in [0.5, 0.6) is 5.75 Å². The Morgan fingerprint density at radius 1 is 1.14 bits per heavy atom. The van der Waals surface area contributed by atoms with Crippen LogP contribution in [0.3, 0.4) is 0 Å². The van der Waals surface area contributed by atoms with Crippen molar-refractivity contribution >= 4 is 0 Å². The second-order valence-corrected chi connectivity index (χ2v) is 5.40. The van der Waals surface area contributed by atoms with E-state index in [2.05, 4.69) is 5.32 Å². The molecule has 0 spiro atoms. The summed E-state index contributed by atoms with van der Waals surface area (Å²) in [5.41, 5.74) is 1.21. The van der Waals surface area contributed by atoms with E-state index in [0.717, 1.165) is 25.4 Å². The first-order chi connectivity index (χ1) is 10.4. The van der Waals surface area contributed by atoms with E-state index >= 15 is 0 Å². The van der Waals surface area contributed by atoms with E-state index < -0.39 is 0 Å². The maximum Gasteiger partial charge on any atom is 0.174 e. The Morgan fingerprint density at radius 3 is 2.62 bits per heavy atom. The number of nitrogens with one attached hydrogen (secondary N) is 1. The number of hydrogen-bond acceptors (Lipinski definition) is 4. The summed E-state index contributed by atoms with van der Waals surface area (Å²) in [4.78, 5) is 0. The summed E-state index contributed by atoms with van der Waals surface area (Å²) in [6.45, 7) is 2.58. The number of nitrogens with zero attached hydrogens (tertiary/aromatic N) is 1. The first kappa shape index (κ1) is 15.8. The van der Waals surface area contributed by atoms with Gasteiger partial charge in [0.1, 0.15) is 11.8 Å². The van der Waals surface area contributed by atoms with Gasteiger partial charge in [0, 0.05) is 13.1 Å². The van der Waals surface area contributed by atoms with Crippen LogP contribution in [-0.4, -0.2) is 25.9 Å². The number of hydrogen-bond donors (Lipinski definition) is 1. The third-order valence-electron chi connectivity index (χ3n) is 3.74. The normalized spacial score (nSPS) is 15.6. The van der Waals surface area contributed by atoms with Crippen LogP contribution < -0.4 is 10.1 Å². The number of nitriles is 1. The molecule has 0 unspecified atom stereocenters. The van der Waals surface area contributed by atoms with E-state index in [1.165, 1.54) is 37.7 Å². The van der Waals surface area contributed by atoms with Crippen LogP contribution in [0.15, 0.2) is 24.3 Å². The predicted octanol–water partition coefficient (Wildman–Crippen LogP) is 3.03. The average Bonchev–Trinajstić information content (AvgIpc) is 2.55. The van der Waals surface area contributed by atoms with Gasteiger partial charge in [-0.05, 0) is 30.5 Å². The van der Waals surface area contributed by atoms with Crippen molar-refractivity contribution in [2.24, 2.45) is 0 Å². The molecular weight excluding hydrogens is 264 g/mol. The van der Waals surface area contributed by atoms with Crippen molar-refractivity contribution in [1.29, 1.82) is 5.26 Å². The zero-order chi connectivity index (χ0) is 14.8. The minimum Gasteiger partial charge on any atom is -0.479 e. The van der Waals surface area contributed by atoms with Crippen molar-refractivity contribution in [3.05, 3.63) is 29.8 Å². The lowest BCUT2D eigenvalue weighted by molar-refractivity contribution is 0.0302. The molecule has 0 radical (unpaired) electrons. The van der Waals surface area contributed by atoms with E-state index in [9.17, 15) is 0 Å². The van der Waals surface area contributed by atoms with E-state index in [1.807, 2.05) is 30.3 Å². The van der Waals surface area contributed by atoms with Gasteiger partial charge >= 0.3 is 0 Å². The number of rotatable bonds is 8. The Hall–Kier alpha value is -1.57. The Bertz CT molecular complexity index is 433. The number of ether oxygens (including phenoxy) is 2. The molecule has 0 saturated heterocycles. The van der Waals surface area contributed by atoms with E-state index in [1.54, 1.807) is 0 Å². The smallest absolute Gasteiger partial charge is 0.174 e. The van der Waals surface area contributed by atoms with Crippen molar-refractivity contribution in [2.45, 2.75) is 44.8 Å². The Labute approximate surface area is 127 Å². The van der Waals surface area contributed by atoms with Gasteiger partial charge in [-0.2, -0.15) is 5.26 Å². The summed E-state index contributed by atoms with van der Waals surface area (Å²) in [5, 5.41) is 11.8. The topological polar surface area (TPSA) is 54.3 Å². The van der Waals surface area contributed by atoms with Gasteiger partial charge in [0.2, 0.25) is 0 Å². The van der Waals surface area contributed by atoms with Crippen LogP contribution in [0, 0.1) is 11.3 Å². The monoisotopic (exact) mass is 288 g/mol. The lowest BCUT2D eigenvalue weighted by atomic mass is 9.98. The molecule has 4 heteroatoms. The molecule has 1 aromatic carbocycles. The standard InChI is InChI=1S/C17H24N2O2/c18-10-12-20-17-8-6-15(7-9-17)14-19-11-13-21-16-4-2-1-3-5-16/h6-9,16,19H,1-5,11-14H2. The second-order valence-electron chi connectivity index (χ2n) is 5.40. The van der Waals surface area contributed by atoms with Crippen molar-refractivity contribution in [1.82, 2.24) is 5.32 Å². The molecular formula is C17H24N2O2. The van der Waals surface area contributed by atoms with Crippen LogP contribution in [0.4, 0.5) is 0 Å². The minimum absolute atomic E-state index is 0.0934. The maximum absolute atomic E-state index is 8.45. The zero-order valence-electron chi connectivity index (χ0n) is 12.5. The van der Waals surface area contributed by atoms with E-state index in [0.29, 0.717) is 6.10 Å². The Kier molecular flexibility index (Phi) is 7.06. The van der Waals surface area contributed by atoms with Gasteiger partial charge in [-0.1, -0.05) is 31.4 Å². The van der Waals surface area contributed by atoms with Gasteiger partial charge in [0.15, 0.2) is 6.61 Å². The molecule has 0 bridgehead atoms. The highest BCUT2D eigenvalue weighted by atomic mass is 16.5. The summed E-state index contributed by atoms with van der Waals surface area (Å²) >= 11 is 0. The fourth-order valence-electron chi connectivity index (χ4n) is 2.58. The predicted molar refractivity (Wildman–Crippen MR) is 82.1 cm³/mol. The third kappa shape index (κ3) is 6.16. The molecule has 1 saturated carbocycles. The third-order valence-corrected chi connectivity index (χ3v) is 3.74. The van der Waals surface area contributed by atoms with Gasteiger partial charge in [-0.25, -0.2) is 0 Å². The van der Waals surface area contributed by atoms with Gasteiger partial charge < -0.3 is 14.8 Å². The molecule has 4 nitrogen and oxygen atoms in total. The van der Waals surface area contributed by atoms with Crippen LogP contribution >= 0.6 is 0 Å². The molecule has 0 amide bonds. The molecule has 0 aromatic heterocycles. The second kappa shape index (κ2) is 9.38. The summed E-state index contributed by atoms with van der Waals surface area (Å²) in [5.74, 6) is 0.737. The van der Waals surface area contributed by atoms with Crippen molar-refractivity contribution in [2.75, 3.05) is 19.8 Å². The van der Waals surface area contributed by atoms with Crippen LogP contribution in [-0.2, 0) is 11.3 Å². The van der Waals surface area contributed by atoms with Crippen LogP contribution in [0.25, 0.3) is 0 Å². The quantitative estimate of drug-likeness (QED) is 0.747.